The SMILES string of the molecule is CCCN(CCC)C(=S)NN=Cc1ccccn1.[Cl][Cu][Cl]. The normalized spacial score (nSPS) is 10.1. The fourth-order valence-corrected chi connectivity index (χ4v) is 1.77. The second-order valence-electron chi connectivity index (χ2n) is 3.96. The van der Waals surface area contributed by atoms with E-state index in [0.717, 1.165) is 44.8 Å². The number of hydrogen-bond acceptors (Lipinski definition) is 3. The van der Waals surface area contributed by atoms with E-state index >= 15 is 0 Å². The summed E-state index contributed by atoms with van der Waals surface area (Å²) in [6, 6.07) is 5.69. The van der Waals surface area contributed by atoms with Gasteiger partial charge in [0, 0.05) is 19.3 Å². The van der Waals surface area contributed by atoms with Gasteiger partial charge in [-0.05, 0) is 37.2 Å². The maximum atomic E-state index is 5.30. The van der Waals surface area contributed by atoms with E-state index in [0.29, 0.717) is 5.11 Å². The first-order chi connectivity index (χ1) is 10.2. The molecule has 4 nitrogen and oxygen atoms in total. The second kappa shape index (κ2) is 14.5. The molecule has 0 saturated heterocycles. The van der Waals surface area contributed by atoms with Gasteiger partial charge in [0.15, 0.2) is 5.11 Å². The zero-order valence-electron chi connectivity index (χ0n) is 12.0. The number of nitrogens with zero attached hydrogens (tertiary/aromatic N) is 3. The first kappa shape index (κ1) is 20.6. The second-order valence-corrected chi connectivity index (χ2v) is 5.90. The molecule has 0 spiro atoms. The molecule has 1 aromatic heterocycles. The monoisotopic (exact) mass is 397 g/mol. The Kier molecular flexibility index (Phi) is 14.3. The van der Waals surface area contributed by atoms with Crippen LogP contribution in [0.5, 0.6) is 0 Å². The van der Waals surface area contributed by atoms with Crippen LogP contribution in [-0.4, -0.2) is 34.3 Å². The number of hydrogen-bond donors (Lipinski definition) is 1. The topological polar surface area (TPSA) is 40.5 Å². The summed E-state index contributed by atoms with van der Waals surface area (Å²) in [6.07, 6.45) is 5.56. The molecule has 0 aromatic carbocycles. The Morgan fingerprint density at radius 3 is 2.48 bits per heavy atom. The molecule has 0 unspecified atom stereocenters. The molecular formula is C13H20Cl2CuN4S. The van der Waals surface area contributed by atoms with Crippen LogP contribution in [0.1, 0.15) is 32.4 Å². The van der Waals surface area contributed by atoms with Crippen LogP contribution >= 0.6 is 32.4 Å². The Hall–Kier alpha value is -0.391. The Balaban J connectivity index is 0.00000122. The molecule has 1 rings (SSSR count). The summed E-state index contributed by atoms with van der Waals surface area (Å²) in [4.78, 5) is 6.28. The van der Waals surface area contributed by atoms with Gasteiger partial charge in [0.2, 0.25) is 0 Å². The first-order valence-corrected chi connectivity index (χ1v) is 9.49. The van der Waals surface area contributed by atoms with Crippen molar-refractivity contribution in [2.45, 2.75) is 26.7 Å². The average Bonchev–Trinajstić information content (AvgIpc) is 2.49. The van der Waals surface area contributed by atoms with Crippen molar-refractivity contribution in [1.82, 2.24) is 15.3 Å². The minimum atomic E-state index is 0.672. The van der Waals surface area contributed by atoms with Crippen molar-refractivity contribution in [2.24, 2.45) is 5.10 Å². The molecule has 0 aliphatic rings. The molecule has 0 saturated carbocycles. The summed E-state index contributed by atoms with van der Waals surface area (Å²) in [5.41, 5.74) is 3.70. The van der Waals surface area contributed by atoms with Crippen molar-refractivity contribution in [1.29, 1.82) is 0 Å². The van der Waals surface area contributed by atoms with E-state index in [2.05, 4.69) is 54.5 Å². The number of nitrogens with one attached hydrogen (secondary N) is 1. The summed E-state index contributed by atoms with van der Waals surface area (Å²) in [5, 5.41) is 4.78. The number of aromatic nitrogens is 1. The van der Waals surface area contributed by atoms with Crippen molar-refractivity contribution in [3.63, 3.8) is 0 Å². The average molecular weight is 399 g/mol. The molecule has 0 aliphatic carbocycles. The minimum absolute atomic E-state index is 0.672. The summed E-state index contributed by atoms with van der Waals surface area (Å²) < 4.78 is 0. The number of thiocarbonyl (C=S) groups is 1. The van der Waals surface area contributed by atoms with Crippen LogP contribution in [0.2, 0.25) is 0 Å². The number of halogens is 2. The molecule has 0 amide bonds. The predicted octanol–water partition coefficient (Wildman–Crippen LogP) is 3.79. The van der Waals surface area contributed by atoms with Crippen molar-refractivity contribution in [3.8, 4) is 0 Å². The van der Waals surface area contributed by atoms with E-state index in [4.69, 9.17) is 12.2 Å². The third-order valence-corrected chi connectivity index (χ3v) is 2.67. The Bertz CT molecular complexity index is 400. The van der Waals surface area contributed by atoms with Crippen LogP contribution in [0, 0.1) is 0 Å². The summed E-state index contributed by atoms with van der Waals surface area (Å²) >= 11 is 6.06. The van der Waals surface area contributed by atoms with Crippen LogP contribution < -0.4 is 5.43 Å². The van der Waals surface area contributed by atoms with Crippen LogP contribution in [0.15, 0.2) is 29.5 Å². The molecule has 0 aliphatic heterocycles. The zero-order chi connectivity index (χ0) is 15.9. The Morgan fingerprint density at radius 1 is 1.38 bits per heavy atom. The van der Waals surface area contributed by atoms with Gasteiger partial charge in [-0.1, -0.05) is 19.9 Å². The molecule has 0 bridgehead atoms. The van der Waals surface area contributed by atoms with Gasteiger partial charge in [-0.25, -0.2) is 0 Å². The van der Waals surface area contributed by atoms with E-state index < -0.39 is 0 Å². The predicted molar refractivity (Wildman–Crippen MR) is 91.4 cm³/mol. The fourth-order valence-electron chi connectivity index (χ4n) is 1.53. The van der Waals surface area contributed by atoms with Gasteiger partial charge in [0.05, 0.1) is 11.9 Å². The van der Waals surface area contributed by atoms with Gasteiger partial charge in [0.1, 0.15) is 0 Å². The third-order valence-electron chi connectivity index (χ3n) is 2.32. The van der Waals surface area contributed by atoms with Gasteiger partial charge in [-0.2, -0.15) is 5.10 Å². The van der Waals surface area contributed by atoms with Gasteiger partial charge in [-0.3, -0.25) is 10.4 Å². The zero-order valence-corrected chi connectivity index (χ0v) is 15.3. The van der Waals surface area contributed by atoms with E-state index in [1.807, 2.05) is 18.2 Å². The molecule has 21 heavy (non-hydrogen) atoms. The number of hydrazone groups is 1. The van der Waals surface area contributed by atoms with Crippen LogP contribution in [-0.2, 0) is 13.1 Å². The molecule has 0 atom stereocenters. The standard InChI is InChI=1S/C13H20N4S.2ClH.Cu/c1-3-9-17(10-4-2)13(18)16-15-11-12-7-5-6-8-14-12;;;/h5-8,11H,3-4,9-10H2,1-2H3,(H,16,18);2*1H;/q;;;+2/p-2. The molecule has 123 valence electrons. The van der Waals surface area contributed by atoms with Gasteiger partial charge < -0.3 is 4.90 Å². The maximum absolute atomic E-state index is 5.30. The summed E-state index contributed by atoms with van der Waals surface area (Å²) in [6.45, 7) is 6.20. The van der Waals surface area contributed by atoms with Crippen molar-refractivity contribution >= 4 is 43.7 Å². The number of pyridine rings is 1. The van der Waals surface area contributed by atoms with Crippen LogP contribution in [0.3, 0.4) is 0 Å². The van der Waals surface area contributed by atoms with E-state index in [-0.39, 0.29) is 0 Å². The fraction of sp³-hybridized carbons (Fsp3) is 0.462. The van der Waals surface area contributed by atoms with Crippen molar-refractivity contribution < 1.29 is 13.1 Å². The Labute approximate surface area is 146 Å². The molecule has 1 aromatic rings. The van der Waals surface area contributed by atoms with Crippen molar-refractivity contribution in [2.75, 3.05) is 13.1 Å². The Morgan fingerprint density at radius 2 is 2.00 bits per heavy atom. The van der Waals surface area contributed by atoms with E-state index in [1.54, 1.807) is 12.4 Å². The molecule has 8 heteroatoms. The van der Waals surface area contributed by atoms with Crippen molar-refractivity contribution in [3.05, 3.63) is 30.1 Å². The van der Waals surface area contributed by atoms with Crippen LogP contribution in [0.25, 0.3) is 0 Å². The molecule has 0 radical (unpaired) electrons. The van der Waals surface area contributed by atoms with E-state index in [9.17, 15) is 0 Å². The van der Waals surface area contributed by atoms with Crippen LogP contribution in [0.4, 0.5) is 0 Å². The molecular weight excluding hydrogens is 379 g/mol. The first-order valence-electron chi connectivity index (χ1n) is 6.49. The van der Waals surface area contributed by atoms with E-state index in [1.165, 1.54) is 0 Å². The quantitative estimate of drug-likeness (QED) is 0.342. The van der Waals surface area contributed by atoms with Gasteiger partial charge >= 0.3 is 33.3 Å². The summed E-state index contributed by atoms with van der Waals surface area (Å²) in [7, 11) is 9.34. The molecule has 0 fully saturated rings. The molecule has 1 heterocycles. The summed E-state index contributed by atoms with van der Waals surface area (Å²) in [5.74, 6) is 0. The molecule has 1 N–H and O–H groups in total. The van der Waals surface area contributed by atoms with Gasteiger partial charge in [0.25, 0.3) is 0 Å². The van der Waals surface area contributed by atoms with Gasteiger partial charge in [-0.15, -0.1) is 0 Å². The number of rotatable bonds is 6. The third kappa shape index (κ3) is 10.9.